The first-order valence-corrected chi connectivity index (χ1v) is 6.34. The average Bonchev–Trinajstić information content (AvgIpc) is 3.08. The molecule has 0 unspecified atom stereocenters. The molecule has 0 aliphatic heterocycles. The second kappa shape index (κ2) is 4.78. The van der Waals surface area contributed by atoms with Gasteiger partial charge in [-0.3, -0.25) is 4.57 Å². The van der Waals surface area contributed by atoms with Crippen LogP contribution in [0, 0.1) is 12.8 Å². The van der Waals surface area contributed by atoms with Gasteiger partial charge in [0.25, 0.3) is 0 Å². The molecule has 1 heterocycles. The van der Waals surface area contributed by atoms with Gasteiger partial charge in [0.15, 0.2) is 5.58 Å². The van der Waals surface area contributed by atoms with Gasteiger partial charge in [-0.25, -0.2) is 4.79 Å². The molecule has 17 heavy (non-hydrogen) atoms. The molecule has 0 atom stereocenters. The normalized spacial score (nSPS) is 14.5. The van der Waals surface area contributed by atoms with Gasteiger partial charge in [-0.05, 0) is 43.4 Å². The summed E-state index contributed by atoms with van der Waals surface area (Å²) >= 11 is 0. The van der Waals surface area contributed by atoms with E-state index >= 15 is 0 Å². The fraction of sp³-hybridized carbons (Fsp3) is 0.500. The number of rotatable bonds is 2. The molecular weight excluding hydrogens is 214 g/mol. The summed E-state index contributed by atoms with van der Waals surface area (Å²) < 4.78 is 6.97. The van der Waals surface area contributed by atoms with Gasteiger partial charge < -0.3 is 4.42 Å². The zero-order valence-electron chi connectivity index (χ0n) is 10.7. The van der Waals surface area contributed by atoms with Crippen molar-refractivity contribution >= 4 is 11.1 Å². The van der Waals surface area contributed by atoms with E-state index in [1.165, 1.54) is 12.8 Å². The van der Waals surface area contributed by atoms with E-state index in [1.54, 1.807) is 4.57 Å². The standard InChI is InChI=1S/C12H13NO2.C2H6/c1-8-2-5-10-11(6-8)15-12(14)13(10)7-9-3-4-9;1-2/h2,5-6,9H,3-4,7H2,1H3;1-2H3. The number of aryl methyl sites for hydroxylation is 1. The van der Waals surface area contributed by atoms with Crippen LogP contribution in [-0.4, -0.2) is 4.57 Å². The number of hydrogen-bond acceptors (Lipinski definition) is 2. The highest BCUT2D eigenvalue weighted by molar-refractivity contribution is 5.73. The molecule has 0 radical (unpaired) electrons. The summed E-state index contributed by atoms with van der Waals surface area (Å²) in [6.45, 7) is 6.81. The van der Waals surface area contributed by atoms with Crippen LogP contribution < -0.4 is 5.76 Å². The molecule has 92 valence electrons. The van der Waals surface area contributed by atoms with Gasteiger partial charge in [-0.1, -0.05) is 19.9 Å². The second-order valence-electron chi connectivity index (χ2n) is 4.39. The molecule has 3 heteroatoms. The van der Waals surface area contributed by atoms with Gasteiger partial charge >= 0.3 is 5.76 Å². The van der Waals surface area contributed by atoms with Crippen molar-refractivity contribution in [2.45, 2.75) is 40.2 Å². The lowest BCUT2D eigenvalue weighted by atomic mass is 10.2. The Balaban J connectivity index is 0.000000514. The summed E-state index contributed by atoms with van der Waals surface area (Å²) in [6, 6.07) is 5.90. The topological polar surface area (TPSA) is 35.1 Å². The van der Waals surface area contributed by atoms with E-state index in [2.05, 4.69) is 0 Å². The molecule has 0 N–H and O–H groups in total. The van der Waals surface area contributed by atoms with Gasteiger partial charge in [0.2, 0.25) is 0 Å². The van der Waals surface area contributed by atoms with E-state index in [-0.39, 0.29) is 5.76 Å². The van der Waals surface area contributed by atoms with Crippen LogP contribution in [0.2, 0.25) is 0 Å². The van der Waals surface area contributed by atoms with Crippen LogP contribution in [0.5, 0.6) is 0 Å². The Morgan fingerprint density at radius 3 is 2.71 bits per heavy atom. The van der Waals surface area contributed by atoms with Crippen LogP contribution in [0.3, 0.4) is 0 Å². The molecule has 0 amide bonds. The minimum atomic E-state index is -0.220. The third-order valence-corrected chi connectivity index (χ3v) is 2.96. The number of oxazole rings is 1. The Bertz CT molecular complexity index is 561. The fourth-order valence-electron chi connectivity index (χ4n) is 1.91. The fourth-order valence-corrected chi connectivity index (χ4v) is 1.91. The summed E-state index contributed by atoms with van der Waals surface area (Å²) in [5.74, 6) is 0.465. The average molecular weight is 233 g/mol. The van der Waals surface area contributed by atoms with Crippen LogP contribution in [0.4, 0.5) is 0 Å². The lowest BCUT2D eigenvalue weighted by molar-refractivity contribution is 0.492. The van der Waals surface area contributed by atoms with Crippen molar-refractivity contribution in [1.29, 1.82) is 0 Å². The van der Waals surface area contributed by atoms with E-state index in [1.807, 2.05) is 39.0 Å². The third-order valence-electron chi connectivity index (χ3n) is 2.96. The Hall–Kier alpha value is -1.51. The highest BCUT2D eigenvalue weighted by Crippen LogP contribution is 2.31. The Kier molecular flexibility index (Phi) is 3.36. The quantitative estimate of drug-likeness (QED) is 0.797. The molecule has 1 fully saturated rings. The summed E-state index contributed by atoms with van der Waals surface area (Å²) in [5, 5.41) is 0. The molecule has 3 nitrogen and oxygen atoms in total. The zero-order valence-corrected chi connectivity index (χ0v) is 10.7. The smallest absolute Gasteiger partial charge is 0.408 e. The maximum Gasteiger partial charge on any atom is 0.419 e. The zero-order chi connectivity index (χ0) is 12.4. The summed E-state index contributed by atoms with van der Waals surface area (Å²) in [6.07, 6.45) is 2.48. The molecule has 0 saturated heterocycles. The van der Waals surface area contributed by atoms with E-state index in [4.69, 9.17) is 4.42 Å². The first-order chi connectivity index (χ1) is 8.24. The van der Waals surface area contributed by atoms with Crippen molar-refractivity contribution in [2.24, 2.45) is 5.92 Å². The van der Waals surface area contributed by atoms with Crippen molar-refractivity contribution in [2.75, 3.05) is 0 Å². The molecule has 0 spiro atoms. The largest absolute Gasteiger partial charge is 0.419 e. The SMILES string of the molecule is CC.Cc1ccc2c(c1)oc(=O)n2CC1CC1. The number of fused-ring (bicyclic) bond motifs is 1. The number of nitrogens with zero attached hydrogens (tertiary/aromatic N) is 1. The lowest BCUT2D eigenvalue weighted by Gasteiger charge is -1.99. The molecule has 3 rings (SSSR count). The van der Waals surface area contributed by atoms with Crippen molar-refractivity contribution < 1.29 is 4.42 Å². The number of benzene rings is 1. The summed E-state index contributed by atoms with van der Waals surface area (Å²) in [4.78, 5) is 11.6. The highest BCUT2D eigenvalue weighted by Gasteiger charge is 2.24. The first kappa shape index (κ1) is 12.0. The van der Waals surface area contributed by atoms with Crippen molar-refractivity contribution in [1.82, 2.24) is 4.57 Å². The summed E-state index contributed by atoms with van der Waals surface area (Å²) in [5.41, 5.74) is 2.76. The molecule has 2 aromatic rings. The van der Waals surface area contributed by atoms with E-state index in [9.17, 15) is 4.79 Å². The van der Waals surface area contributed by atoms with Crippen molar-refractivity contribution in [3.63, 3.8) is 0 Å². The Morgan fingerprint density at radius 1 is 1.35 bits per heavy atom. The Morgan fingerprint density at radius 2 is 2.06 bits per heavy atom. The van der Waals surface area contributed by atoms with Crippen molar-refractivity contribution in [3.05, 3.63) is 34.3 Å². The van der Waals surface area contributed by atoms with Crippen LogP contribution in [0.15, 0.2) is 27.4 Å². The van der Waals surface area contributed by atoms with Crippen molar-refractivity contribution in [3.8, 4) is 0 Å². The van der Waals surface area contributed by atoms with Gasteiger partial charge in [0.1, 0.15) is 0 Å². The van der Waals surface area contributed by atoms with Crippen LogP contribution in [0.25, 0.3) is 11.1 Å². The van der Waals surface area contributed by atoms with E-state index in [0.29, 0.717) is 11.5 Å². The summed E-state index contributed by atoms with van der Waals surface area (Å²) in [7, 11) is 0. The minimum absolute atomic E-state index is 0.220. The van der Waals surface area contributed by atoms with Crippen LogP contribution in [0.1, 0.15) is 32.3 Å². The van der Waals surface area contributed by atoms with Gasteiger partial charge in [-0.2, -0.15) is 0 Å². The second-order valence-corrected chi connectivity index (χ2v) is 4.39. The molecule has 1 aromatic carbocycles. The third kappa shape index (κ3) is 2.43. The molecule has 1 saturated carbocycles. The predicted molar refractivity (Wildman–Crippen MR) is 69.3 cm³/mol. The number of hydrogen-bond donors (Lipinski definition) is 0. The predicted octanol–water partition coefficient (Wildman–Crippen LogP) is 3.34. The monoisotopic (exact) mass is 233 g/mol. The van der Waals surface area contributed by atoms with Crippen LogP contribution >= 0.6 is 0 Å². The minimum Gasteiger partial charge on any atom is -0.408 e. The van der Waals surface area contributed by atoms with E-state index in [0.717, 1.165) is 17.6 Å². The van der Waals surface area contributed by atoms with Gasteiger partial charge in [0, 0.05) is 6.54 Å². The van der Waals surface area contributed by atoms with Gasteiger partial charge in [0.05, 0.1) is 5.52 Å². The molecule has 1 aliphatic carbocycles. The van der Waals surface area contributed by atoms with Gasteiger partial charge in [-0.15, -0.1) is 0 Å². The maximum absolute atomic E-state index is 11.6. The molecule has 0 bridgehead atoms. The van der Waals surface area contributed by atoms with Crippen LogP contribution in [-0.2, 0) is 6.54 Å². The lowest BCUT2D eigenvalue weighted by Crippen LogP contribution is -2.14. The first-order valence-electron chi connectivity index (χ1n) is 6.34. The Labute approximate surface area is 101 Å². The highest BCUT2D eigenvalue weighted by atomic mass is 16.4. The molecule has 1 aromatic heterocycles. The maximum atomic E-state index is 11.6. The number of aromatic nitrogens is 1. The molecular formula is C14H19NO2. The molecule has 1 aliphatic rings. The van der Waals surface area contributed by atoms with E-state index < -0.39 is 0 Å².